The quantitative estimate of drug-likeness (QED) is 0.490. The van der Waals surface area contributed by atoms with Gasteiger partial charge in [-0.1, -0.05) is 88.3 Å². The molecule has 3 nitrogen and oxygen atoms in total. The molecule has 0 saturated heterocycles. The smallest absolute Gasteiger partial charge is 0.407 e. The zero-order valence-electron chi connectivity index (χ0n) is 10.8. The highest BCUT2D eigenvalue weighted by atomic mass is 35.5. The maximum Gasteiger partial charge on any atom is 0.412 e. The molecule has 1 N–H and O–H groups in total. The predicted octanol–water partition coefficient (Wildman–Crippen LogP) is 6.24. The summed E-state index contributed by atoms with van der Waals surface area (Å²) in [6.07, 6.45) is -0.748. The van der Waals surface area contributed by atoms with E-state index in [1.165, 1.54) is 0 Å². The molecule has 2 aromatic carbocycles. The molecule has 1 amide bonds. The number of ether oxygens (including phenoxy) is 1. The summed E-state index contributed by atoms with van der Waals surface area (Å²) < 4.78 is 5.07. The van der Waals surface area contributed by atoms with Crippen molar-refractivity contribution in [3.8, 4) is 5.75 Å². The van der Waals surface area contributed by atoms with Crippen LogP contribution in [0, 0.1) is 0 Å². The lowest BCUT2D eigenvalue weighted by atomic mass is 10.2. The SMILES string of the molecule is O=C(NCc1ccccc1)Oc1c(Cl)c(Cl)c(Cl)c(Cl)c1Cl. The first-order valence-electron chi connectivity index (χ1n) is 5.93. The van der Waals surface area contributed by atoms with Gasteiger partial charge in [-0.2, -0.15) is 0 Å². The van der Waals surface area contributed by atoms with Crippen LogP contribution in [0.4, 0.5) is 4.79 Å². The van der Waals surface area contributed by atoms with Crippen molar-refractivity contribution in [2.45, 2.75) is 6.54 Å². The van der Waals surface area contributed by atoms with Crippen LogP contribution >= 0.6 is 58.0 Å². The molecule has 0 aliphatic heterocycles. The van der Waals surface area contributed by atoms with Gasteiger partial charge in [0.2, 0.25) is 0 Å². The first-order chi connectivity index (χ1) is 10.4. The molecule has 0 saturated carbocycles. The number of rotatable bonds is 3. The fourth-order valence-corrected chi connectivity index (χ4v) is 2.77. The molecule has 0 aromatic heterocycles. The molecule has 2 rings (SSSR count). The molecule has 0 unspecified atom stereocenters. The van der Waals surface area contributed by atoms with Gasteiger partial charge in [0.25, 0.3) is 0 Å². The number of amides is 1. The number of benzene rings is 2. The Morgan fingerprint density at radius 3 is 1.91 bits per heavy atom. The Morgan fingerprint density at radius 1 is 0.864 bits per heavy atom. The van der Waals surface area contributed by atoms with Crippen molar-refractivity contribution in [2.24, 2.45) is 0 Å². The Balaban J connectivity index is 2.12. The lowest BCUT2D eigenvalue weighted by Crippen LogP contribution is -2.26. The van der Waals surface area contributed by atoms with Gasteiger partial charge >= 0.3 is 6.09 Å². The van der Waals surface area contributed by atoms with Gasteiger partial charge in [0.15, 0.2) is 5.75 Å². The van der Waals surface area contributed by atoms with E-state index in [1.54, 1.807) is 0 Å². The van der Waals surface area contributed by atoms with E-state index in [2.05, 4.69) is 5.32 Å². The Kier molecular flexibility index (Phi) is 6.07. The molecule has 0 radical (unpaired) electrons. The fourth-order valence-electron chi connectivity index (χ4n) is 1.57. The molecular weight excluding hydrogens is 391 g/mol. The summed E-state index contributed by atoms with van der Waals surface area (Å²) in [4.78, 5) is 11.8. The van der Waals surface area contributed by atoms with Crippen LogP contribution in [-0.4, -0.2) is 6.09 Å². The number of nitrogens with one attached hydrogen (secondary N) is 1. The van der Waals surface area contributed by atoms with E-state index in [4.69, 9.17) is 62.7 Å². The van der Waals surface area contributed by atoms with Gasteiger partial charge in [-0.15, -0.1) is 0 Å². The Hall–Kier alpha value is -0.840. The monoisotopic (exact) mass is 397 g/mol. The fraction of sp³-hybridized carbons (Fsp3) is 0.0714. The van der Waals surface area contributed by atoms with Gasteiger partial charge < -0.3 is 10.1 Å². The van der Waals surface area contributed by atoms with Crippen molar-refractivity contribution in [1.29, 1.82) is 0 Å². The second kappa shape index (κ2) is 7.62. The standard InChI is InChI=1S/C14H8Cl5NO2/c15-8-9(16)11(18)13(12(19)10(8)17)22-14(21)20-6-7-4-2-1-3-5-7/h1-5H,6H2,(H,20,21). The number of carbonyl (C=O) groups excluding carboxylic acids is 1. The first-order valence-corrected chi connectivity index (χ1v) is 7.81. The van der Waals surface area contributed by atoms with E-state index in [-0.39, 0.29) is 37.4 Å². The highest BCUT2D eigenvalue weighted by Gasteiger charge is 2.22. The van der Waals surface area contributed by atoms with Crippen LogP contribution in [0.2, 0.25) is 25.1 Å². The van der Waals surface area contributed by atoms with E-state index in [9.17, 15) is 4.79 Å². The van der Waals surface area contributed by atoms with Crippen LogP contribution < -0.4 is 10.1 Å². The van der Waals surface area contributed by atoms with Gasteiger partial charge in [-0.3, -0.25) is 0 Å². The Morgan fingerprint density at radius 2 is 1.36 bits per heavy atom. The summed E-state index contributed by atoms with van der Waals surface area (Å²) in [5.41, 5.74) is 0.906. The summed E-state index contributed by atoms with van der Waals surface area (Å²) in [6.45, 7) is 0.282. The molecule has 0 atom stereocenters. The van der Waals surface area contributed by atoms with Crippen LogP contribution in [0.15, 0.2) is 30.3 Å². The van der Waals surface area contributed by atoms with Gasteiger partial charge in [0, 0.05) is 6.54 Å². The highest BCUT2D eigenvalue weighted by Crippen LogP contribution is 2.48. The molecule has 2 aromatic rings. The van der Waals surface area contributed by atoms with Crippen molar-refractivity contribution in [1.82, 2.24) is 5.32 Å². The zero-order valence-corrected chi connectivity index (χ0v) is 14.6. The molecule has 0 aliphatic rings. The second-order valence-corrected chi connectivity index (χ2v) is 6.02. The topological polar surface area (TPSA) is 38.3 Å². The van der Waals surface area contributed by atoms with E-state index >= 15 is 0 Å². The minimum absolute atomic E-state index is 0.00428. The first kappa shape index (κ1) is 17.5. The number of hydrogen-bond donors (Lipinski definition) is 1. The number of carbonyl (C=O) groups is 1. The molecule has 116 valence electrons. The molecule has 0 heterocycles. The van der Waals surface area contributed by atoms with Gasteiger partial charge in [0.05, 0.1) is 15.1 Å². The van der Waals surface area contributed by atoms with Crippen molar-refractivity contribution >= 4 is 64.1 Å². The van der Waals surface area contributed by atoms with Crippen LogP contribution in [0.1, 0.15) is 5.56 Å². The molecule has 0 fully saturated rings. The minimum Gasteiger partial charge on any atom is -0.407 e. The summed E-state index contributed by atoms with van der Waals surface area (Å²) in [5.74, 6) is -0.145. The van der Waals surface area contributed by atoms with E-state index < -0.39 is 6.09 Å². The molecule has 0 bridgehead atoms. The molecule has 0 spiro atoms. The van der Waals surface area contributed by atoms with E-state index in [0.29, 0.717) is 0 Å². The third kappa shape index (κ3) is 3.92. The normalized spacial score (nSPS) is 10.4. The Labute approximate surface area is 152 Å². The van der Waals surface area contributed by atoms with Crippen LogP contribution in [0.3, 0.4) is 0 Å². The largest absolute Gasteiger partial charge is 0.412 e. The van der Waals surface area contributed by atoms with Gasteiger partial charge in [-0.25, -0.2) is 4.79 Å². The summed E-state index contributed by atoms with van der Waals surface area (Å²) in [7, 11) is 0. The van der Waals surface area contributed by atoms with Gasteiger partial charge in [0.1, 0.15) is 10.0 Å². The zero-order chi connectivity index (χ0) is 16.3. The van der Waals surface area contributed by atoms with Crippen molar-refractivity contribution in [3.05, 3.63) is 61.0 Å². The summed E-state index contributed by atoms with van der Waals surface area (Å²) in [5, 5.41) is 2.30. The van der Waals surface area contributed by atoms with Crippen LogP contribution in [-0.2, 0) is 6.54 Å². The molecule has 0 aliphatic carbocycles. The van der Waals surface area contributed by atoms with E-state index in [0.717, 1.165) is 5.56 Å². The predicted molar refractivity (Wildman–Crippen MR) is 90.8 cm³/mol. The van der Waals surface area contributed by atoms with Crippen LogP contribution in [0.25, 0.3) is 0 Å². The van der Waals surface area contributed by atoms with Gasteiger partial charge in [-0.05, 0) is 5.56 Å². The number of halogens is 5. The molecule has 22 heavy (non-hydrogen) atoms. The Bertz CT molecular complexity index is 677. The maximum absolute atomic E-state index is 11.8. The lowest BCUT2D eigenvalue weighted by Gasteiger charge is -2.13. The lowest BCUT2D eigenvalue weighted by molar-refractivity contribution is 0.200. The maximum atomic E-state index is 11.8. The highest BCUT2D eigenvalue weighted by molar-refractivity contribution is 6.55. The average molecular weight is 399 g/mol. The molecule has 8 heteroatoms. The van der Waals surface area contributed by atoms with Crippen LogP contribution in [0.5, 0.6) is 5.75 Å². The minimum atomic E-state index is -0.748. The summed E-state index contributed by atoms with van der Waals surface area (Å²) in [6, 6.07) is 9.30. The summed E-state index contributed by atoms with van der Waals surface area (Å²) >= 11 is 29.6. The second-order valence-electron chi connectivity index (χ2n) is 4.13. The van der Waals surface area contributed by atoms with Crippen molar-refractivity contribution in [2.75, 3.05) is 0 Å². The third-order valence-corrected chi connectivity index (χ3v) is 4.89. The average Bonchev–Trinajstić information content (AvgIpc) is 2.54. The van der Waals surface area contributed by atoms with Crippen molar-refractivity contribution in [3.63, 3.8) is 0 Å². The third-order valence-electron chi connectivity index (χ3n) is 2.64. The number of hydrogen-bond acceptors (Lipinski definition) is 2. The molecular formula is C14H8Cl5NO2. The van der Waals surface area contributed by atoms with Crippen molar-refractivity contribution < 1.29 is 9.53 Å². The van der Waals surface area contributed by atoms with E-state index in [1.807, 2.05) is 30.3 Å².